The largest absolute Gasteiger partial charge is 0.309 e. The molecule has 0 saturated carbocycles. The van der Waals surface area contributed by atoms with Crippen molar-refractivity contribution in [2.24, 2.45) is 0 Å². The lowest BCUT2D eigenvalue weighted by Gasteiger charge is -2.12. The third-order valence-electron chi connectivity index (χ3n) is 28.5. The summed E-state index contributed by atoms with van der Waals surface area (Å²) in [5, 5.41) is 20.5. The Labute approximate surface area is 868 Å². The van der Waals surface area contributed by atoms with Gasteiger partial charge in [-0.05, 0) is 103 Å². The second-order valence-corrected chi connectivity index (χ2v) is 41.3. The fraction of sp³-hybridized carbons (Fsp3) is 0. The van der Waals surface area contributed by atoms with E-state index in [1.54, 1.807) is 0 Å². The Morgan fingerprint density at radius 1 is 0.174 bits per heavy atom. The summed E-state index contributed by atoms with van der Waals surface area (Å²) in [5.74, 6) is 4.19. The Hall–Kier alpha value is -18.9. The lowest BCUT2D eigenvalue weighted by Crippen LogP contribution is -2.06. The fourth-order valence-corrected chi connectivity index (χ4v) is 26.8. The lowest BCUT2D eigenvalue weighted by molar-refractivity contribution is 0.953. The second-order valence-electron chi connectivity index (χ2n) is 37.1. The van der Waals surface area contributed by atoms with Gasteiger partial charge in [0.2, 0.25) is 11.9 Å². The molecule has 0 aliphatic carbocycles. The molecular weight excluding hydrogens is 1900 g/mol. The van der Waals surface area contributed by atoms with Gasteiger partial charge in [-0.15, -0.1) is 45.3 Å². The number of thiophene rings is 4. The van der Waals surface area contributed by atoms with E-state index in [0.717, 1.165) is 118 Å². The van der Waals surface area contributed by atoms with Crippen molar-refractivity contribution in [3.05, 3.63) is 492 Å². The van der Waals surface area contributed by atoms with Crippen molar-refractivity contribution in [3.8, 4) is 103 Å². The molecule has 0 fully saturated rings. The van der Waals surface area contributed by atoms with Crippen LogP contribution in [0.15, 0.2) is 492 Å². The zero-order valence-corrected chi connectivity index (χ0v) is 83.0. The summed E-state index contributed by atoms with van der Waals surface area (Å²) >= 11 is 7.47. The normalized spacial score (nSPS) is 11.8. The topological polar surface area (TPSA) is 127 Å². The molecule has 0 saturated heterocycles. The van der Waals surface area contributed by atoms with Crippen LogP contribution in [-0.4, -0.2) is 62.5 Å². The molecule has 0 radical (unpaired) electrons. The van der Waals surface area contributed by atoms with Gasteiger partial charge in [-0.1, -0.05) is 370 Å². The maximum atomic E-state index is 5.15. The Bertz CT molecular complexity index is 9950. The Kier molecular flexibility index (Phi) is 21.1. The minimum Gasteiger partial charge on any atom is -0.309 e. The Balaban J connectivity index is 0.0000000935. The van der Waals surface area contributed by atoms with Crippen molar-refractivity contribution >= 4 is 219 Å². The number of rotatable bonds is 11. The average molecular weight is 1980 g/mol. The number of aromatic nitrogens is 13. The van der Waals surface area contributed by atoms with E-state index >= 15 is 0 Å². The predicted octanol–water partition coefficient (Wildman–Crippen LogP) is 35.7. The number of hydrogen-bond acceptors (Lipinski definition) is 12. The van der Waals surface area contributed by atoms with E-state index in [1.807, 2.05) is 167 Å². The van der Waals surface area contributed by atoms with Gasteiger partial charge in [-0.25, -0.2) is 29.9 Å². The molecule has 17 heteroatoms. The molecule has 32 aromatic rings. The molecule has 0 aliphatic heterocycles. The van der Waals surface area contributed by atoms with Crippen LogP contribution in [0, 0.1) is 0 Å². The van der Waals surface area contributed by atoms with Crippen molar-refractivity contribution in [2.45, 2.75) is 0 Å². The monoisotopic (exact) mass is 1980 g/mol. The second kappa shape index (κ2) is 36.2. The van der Waals surface area contributed by atoms with Crippen molar-refractivity contribution in [1.82, 2.24) is 62.5 Å². The van der Waals surface area contributed by atoms with Crippen LogP contribution in [0.1, 0.15) is 0 Å². The molecule has 13 heterocycles. The first-order valence-corrected chi connectivity index (χ1v) is 52.9. The zero-order chi connectivity index (χ0) is 98.1. The average Bonchev–Trinajstić information content (AvgIpc) is 1.57. The maximum Gasteiger partial charge on any atom is 0.238 e. The number of fused-ring (bicyclic) bond motifs is 29. The van der Waals surface area contributed by atoms with Crippen molar-refractivity contribution in [1.29, 1.82) is 0 Å². The molecule has 0 bridgehead atoms. The van der Waals surface area contributed by atoms with Gasteiger partial charge in [0.05, 0.1) is 66.9 Å². The van der Waals surface area contributed by atoms with Crippen LogP contribution in [0.2, 0.25) is 0 Å². The SMILES string of the molecule is c1ccc(-c2cc(-c3ccccc3)nc(-n3c4ccccc4c4c5sc6ccccc6c5ccc43)n2)cc1.c1ccc(-c2cc(-n3c4ccccc4c4c5sc6ccccc6c5ccc43)nc(-c3ccccc3)n2)cc1.c1ccc(-c2nc(-c3ccccc3)nc(-n3c4ccccc4c4c5sc6ccccc6c5ccc43)n2)cc1.c1ccc2c(c1)sc1c2ccc2c1c1ccccc1n2-c1ccc(-c2cn3ccccc3n2)cc1. The number of imidazole rings is 1. The first kappa shape index (κ1) is 86.8. The first-order chi connectivity index (χ1) is 73.9. The number of para-hydroxylation sites is 4. The van der Waals surface area contributed by atoms with Crippen LogP contribution < -0.4 is 0 Å². The summed E-state index contributed by atoms with van der Waals surface area (Å²) in [6.07, 6.45) is 4.12. The van der Waals surface area contributed by atoms with Gasteiger partial charge in [-0.3, -0.25) is 13.7 Å². The van der Waals surface area contributed by atoms with Crippen molar-refractivity contribution in [3.63, 3.8) is 0 Å². The van der Waals surface area contributed by atoms with Crippen LogP contribution in [0.5, 0.6) is 0 Å². The van der Waals surface area contributed by atoms with Gasteiger partial charge < -0.3 is 8.97 Å². The van der Waals surface area contributed by atoms with Gasteiger partial charge >= 0.3 is 0 Å². The van der Waals surface area contributed by atoms with Gasteiger partial charge in [-0.2, -0.15) is 9.97 Å². The highest BCUT2D eigenvalue weighted by Gasteiger charge is 2.27. The van der Waals surface area contributed by atoms with Gasteiger partial charge in [0.1, 0.15) is 11.5 Å². The lowest BCUT2D eigenvalue weighted by atomic mass is 10.1. The molecule has 0 aliphatic rings. The van der Waals surface area contributed by atoms with Crippen LogP contribution in [-0.2, 0) is 0 Å². The van der Waals surface area contributed by atoms with Crippen molar-refractivity contribution < 1.29 is 0 Å². The van der Waals surface area contributed by atoms with E-state index in [9.17, 15) is 0 Å². The van der Waals surface area contributed by atoms with Crippen LogP contribution >= 0.6 is 45.3 Å². The molecule has 698 valence electrons. The van der Waals surface area contributed by atoms with E-state index in [2.05, 4.69) is 393 Å². The minimum atomic E-state index is 0.615. The summed E-state index contributed by atoms with van der Waals surface area (Å²) in [5.41, 5.74) is 22.2. The van der Waals surface area contributed by atoms with Gasteiger partial charge in [0.15, 0.2) is 17.5 Å². The standard InChI is InChI=1S/2C34H21N3S.C33H20N4S.C31H19N3S/c1-3-11-22(12-4-1)27-21-28(23-13-5-2-6-14-23)36-34(35-27)37-29-17-9-7-16-26(29)32-30(37)20-19-25-24-15-8-10-18-31(24)38-33(25)32;1-3-11-22(12-4-1)27-21-31(36-34(35-27)23-13-5-2-6-14-23)37-28-17-9-7-16-26(28)32-29(37)20-19-25-24-15-8-10-18-30(24)38-33(25)32;1-3-11-21(12-4-1)31-34-32(22-13-5-2-6-14-22)36-33(35-31)37-26-17-9-7-16-25(26)29-27(37)20-19-24-23-15-8-10-18-28(23)38-30(24)29;1-3-9-26-24(8-1)30-27(17-16-23-22-7-2-4-10-28(22)35-31(23)30)34(26)21-14-12-20(13-15-21)25-19-33-18-6-5-11-29(33)32-25/h2*1-21H;1-20H;1-19H. The molecule has 0 atom stereocenters. The van der Waals surface area contributed by atoms with Gasteiger partial charge in [0.25, 0.3) is 0 Å². The summed E-state index contributed by atoms with van der Waals surface area (Å²) < 4.78 is 21.7. The number of benzene rings is 19. The third kappa shape index (κ3) is 14.9. The minimum absolute atomic E-state index is 0.615. The summed E-state index contributed by atoms with van der Waals surface area (Å²) in [4.78, 5) is 40.2. The molecular formula is C132H81N13S4. The molecule has 13 aromatic heterocycles. The van der Waals surface area contributed by atoms with E-state index in [4.69, 9.17) is 39.9 Å². The highest BCUT2D eigenvalue weighted by atomic mass is 32.1. The number of nitrogens with zero attached hydrogens (tertiary/aromatic N) is 13. The fourth-order valence-electron chi connectivity index (χ4n) is 21.7. The van der Waals surface area contributed by atoms with E-state index in [1.165, 1.54) is 135 Å². The van der Waals surface area contributed by atoms with Crippen LogP contribution in [0.25, 0.3) is 276 Å². The molecule has 13 nitrogen and oxygen atoms in total. The van der Waals surface area contributed by atoms with Crippen LogP contribution in [0.3, 0.4) is 0 Å². The zero-order valence-electron chi connectivity index (χ0n) is 79.7. The number of hydrogen-bond donors (Lipinski definition) is 0. The predicted molar refractivity (Wildman–Crippen MR) is 626 cm³/mol. The molecule has 0 spiro atoms. The van der Waals surface area contributed by atoms with E-state index < -0.39 is 0 Å². The molecule has 0 amide bonds. The summed E-state index contributed by atoms with van der Waals surface area (Å²) in [6.45, 7) is 0. The maximum absolute atomic E-state index is 5.15. The molecule has 149 heavy (non-hydrogen) atoms. The highest BCUT2D eigenvalue weighted by Crippen LogP contribution is 2.50. The highest BCUT2D eigenvalue weighted by molar-refractivity contribution is 7.28. The van der Waals surface area contributed by atoms with E-state index in [-0.39, 0.29) is 0 Å². The van der Waals surface area contributed by atoms with Crippen LogP contribution in [0.4, 0.5) is 0 Å². The third-order valence-corrected chi connectivity index (χ3v) is 33.3. The van der Waals surface area contributed by atoms with Crippen molar-refractivity contribution in [2.75, 3.05) is 0 Å². The first-order valence-electron chi connectivity index (χ1n) is 49.7. The summed E-state index contributed by atoms with van der Waals surface area (Å²) in [6, 6.07) is 168. The Morgan fingerprint density at radius 2 is 0.470 bits per heavy atom. The molecule has 19 aromatic carbocycles. The molecule has 32 rings (SSSR count). The number of pyridine rings is 1. The quantitative estimate of drug-likeness (QED) is 0.125. The molecule has 0 unspecified atom stereocenters. The molecule has 0 N–H and O–H groups in total. The smallest absolute Gasteiger partial charge is 0.238 e. The summed E-state index contributed by atoms with van der Waals surface area (Å²) in [7, 11) is 0. The van der Waals surface area contributed by atoms with E-state index in [0.29, 0.717) is 23.5 Å². The van der Waals surface area contributed by atoms with Gasteiger partial charge in [0, 0.05) is 187 Å². The Morgan fingerprint density at radius 3 is 0.852 bits per heavy atom.